The second-order valence-electron chi connectivity index (χ2n) is 6.73. The maximum absolute atomic E-state index is 6.06. The molecule has 0 saturated carbocycles. The largest absolute Gasteiger partial charge is 0.493 e. The molecule has 0 fully saturated rings. The Morgan fingerprint density at radius 1 is 0.750 bits per heavy atom. The fourth-order valence-corrected chi connectivity index (χ4v) is 3.24. The van der Waals surface area contributed by atoms with Gasteiger partial charge in [0.2, 0.25) is 0 Å². The molecule has 32 heavy (non-hydrogen) atoms. The van der Waals surface area contributed by atoms with E-state index >= 15 is 0 Å². The second kappa shape index (κ2) is 11.5. The molecular weight excluding hydrogens is 451 g/mol. The lowest BCUT2D eigenvalue weighted by molar-refractivity contribution is 0.284. The van der Waals surface area contributed by atoms with Gasteiger partial charge in [0.05, 0.1) is 44.1 Å². The van der Waals surface area contributed by atoms with Gasteiger partial charge in [-0.05, 0) is 59.2 Å². The molecule has 0 amide bonds. The fourth-order valence-electron chi connectivity index (χ4n) is 2.92. The number of hydrogen-bond acceptors (Lipinski definition) is 6. The Kier molecular flexibility index (Phi) is 8.48. The summed E-state index contributed by atoms with van der Waals surface area (Å²) in [5.74, 6) is 2.59. The van der Waals surface area contributed by atoms with Crippen LogP contribution in [0.2, 0.25) is 10.0 Å². The van der Waals surface area contributed by atoms with Gasteiger partial charge in [0.15, 0.2) is 23.0 Å². The number of nitrogens with one attached hydrogen (secondary N) is 1. The number of halogens is 2. The van der Waals surface area contributed by atoms with Crippen LogP contribution >= 0.6 is 23.2 Å². The highest BCUT2D eigenvalue weighted by Gasteiger charge is 2.07. The summed E-state index contributed by atoms with van der Waals surface area (Å²) in [7, 11) is 4.81. The van der Waals surface area contributed by atoms with E-state index in [0.29, 0.717) is 46.2 Å². The van der Waals surface area contributed by atoms with E-state index in [2.05, 4.69) is 10.5 Å². The Hall–Kier alpha value is -3.09. The van der Waals surface area contributed by atoms with Gasteiger partial charge >= 0.3 is 0 Å². The lowest BCUT2D eigenvalue weighted by Crippen LogP contribution is -2.06. The summed E-state index contributed by atoms with van der Waals surface area (Å²) >= 11 is 12.0. The van der Waals surface area contributed by atoms with Gasteiger partial charge in [-0.2, -0.15) is 5.10 Å². The Labute approximate surface area is 197 Å². The van der Waals surface area contributed by atoms with Gasteiger partial charge in [0.25, 0.3) is 0 Å². The molecule has 0 saturated heterocycles. The average molecular weight is 475 g/mol. The van der Waals surface area contributed by atoms with Crippen molar-refractivity contribution in [1.29, 1.82) is 0 Å². The van der Waals surface area contributed by atoms with E-state index in [0.717, 1.165) is 16.7 Å². The van der Waals surface area contributed by atoms with Gasteiger partial charge in [-0.3, -0.25) is 0 Å². The zero-order valence-electron chi connectivity index (χ0n) is 18.0. The Bertz CT molecular complexity index is 1090. The fraction of sp³-hybridized carbons (Fsp3) is 0.208. The zero-order valence-corrected chi connectivity index (χ0v) is 19.5. The predicted molar refractivity (Wildman–Crippen MR) is 128 cm³/mol. The highest BCUT2D eigenvalue weighted by Crippen LogP contribution is 2.30. The molecule has 3 aromatic rings. The number of hydrogen-bond donors (Lipinski definition) is 1. The third-order valence-electron chi connectivity index (χ3n) is 4.60. The van der Waals surface area contributed by atoms with E-state index in [1.54, 1.807) is 39.7 Å². The molecule has 0 spiro atoms. The summed E-state index contributed by atoms with van der Waals surface area (Å²) < 4.78 is 21.9. The standard InChI is InChI=1S/C24H24Cl2N2O4/c1-29-21-8-5-16(11-23(21)30-2)13-27-28-14-17-6-9-22(24(12-17)31-3)32-15-18-4-7-19(25)20(26)10-18/h4-12,14,27H,13,15H2,1-3H3/b28-14-. The molecule has 6 nitrogen and oxygen atoms in total. The topological polar surface area (TPSA) is 61.3 Å². The molecule has 0 aliphatic rings. The molecular formula is C24H24Cl2N2O4. The van der Waals surface area contributed by atoms with Gasteiger partial charge in [0, 0.05) is 0 Å². The van der Waals surface area contributed by atoms with Crippen molar-refractivity contribution in [2.45, 2.75) is 13.2 Å². The number of hydrazone groups is 1. The van der Waals surface area contributed by atoms with Crippen molar-refractivity contribution in [2.24, 2.45) is 5.10 Å². The highest BCUT2D eigenvalue weighted by atomic mass is 35.5. The Morgan fingerprint density at radius 3 is 2.16 bits per heavy atom. The minimum atomic E-state index is 0.341. The molecule has 8 heteroatoms. The minimum Gasteiger partial charge on any atom is -0.493 e. The van der Waals surface area contributed by atoms with E-state index in [4.69, 9.17) is 42.1 Å². The SMILES string of the molecule is COc1ccc(CN/N=C\c2ccc(OCc3ccc(Cl)c(Cl)c3)c(OC)c2)cc1OC. The molecule has 0 atom stereocenters. The molecule has 0 aliphatic heterocycles. The predicted octanol–water partition coefficient (Wildman–Crippen LogP) is 5.72. The van der Waals surface area contributed by atoms with Crippen LogP contribution in [0.3, 0.4) is 0 Å². The lowest BCUT2D eigenvalue weighted by atomic mass is 10.2. The van der Waals surface area contributed by atoms with Crippen LogP contribution in [0.15, 0.2) is 59.7 Å². The third kappa shape index (κ3) is 6.22. The number of rotatable bonds is 10. The Balaban J connectivity index is 1.59. The summed E-state index contributed by atoms with van der Waals surface area (Å²) in [5.41, 5.74) is 5.82. The van der Waals surface area contributed by atoms with Crippen LogP contribution in [-0.2, 0) is 13.2 Å². The molecule has 0 radical (unpaired) electrons. The van der Waals surface area contributed by atoms with Gasteiger partial charge in [-0.1, -0.05) is 35.3 Å². The van der Waals surface area contributed by atoms with E-state index in [9.17, 15) is 0 Å². The smallest absolute Gasteiger partial charge is 0.161 e. The van der Waals surface area contributed by atoms with Crippen molar-refractivity contribution in [3.05, 3.63) is 81.3 Å². The molecule has 0 unspecified atom stereocenters. The van der Waals surface area contributed by atoms with Gasteiger partial charge < -0.3 is 24.4 Å². The first-order valence-corrected chi connectivity index (χ1v) is 10.5. The van der Waals surface area contributed by atoms with E-state index in [-0.39, 0.29) is 0 Å². The monoisotopic (exact) mass is 474 g/mol. The van der Waals surface area contributed by atoms with Crippen molar-refractivity contribution in [1.82, 2.24) is 5.43 Å². The van der Waals surface area contributed by atoms with Crippen LogP contribution < -0.4 is 24.4 Å². The van der Waals surface area contributed by atoms with Crippen molar-refractivity contribution in [3.8, 4) is 23.0 Å². The maximum Gasteiger partial charge on any atom is 0.161 e. The number of nitrogens with zero attached hydrogens (tertiary/aromatic N) is 1. The molecule has 0 aliphatic carbocycles. The lowest BCUT2D eigenvalue weighted by Gasteiger charge is -2.12. The van der Waals surface area contributed by atoms with Crippen LogP contribution in [0.4, 0.5) is 0 Å². The van der Waals surface area contributed by atoms with Crippen molar-refractivity contribution in [2.75, 3.05) is 21.3 Å². The molecule has 0 heterocycles. The number of ether oxygens (including phenoxy) is 4. The minimum absolute atomic E-state index is 0.341. The molecule has 3 rings (SSSR count). The first kappa shape index (κ1) is 23.6. The van der Waals surface area contributed by atoms with Crippen LogP contribution in [0.1, 0.15) is 16.7 Å². The van der Waals surface area contributed by atoms with E-state index < -0.39 is 0 Å². The van der Waals surface area contributed by atoms with Crippen molar-refractivity contribution in [3.63, 3.8) is 0 Å². The normalized spacial score (nSPS) is 10.8. The van der Waals surface area contributed by atoms with E-state index in [1.807, 2.05) is 42.5 Å². The summed E-state index contributed by atoms with van der Waals surface area (Å²) in [5, 5.41) is 5.28. The summed E-state index contributed by atoms with van der Waals surface area (Å²) in [6.07, 6.45) is 1.71. The van der Waals surface area contributed by atoms with Crippen molar-refractivity contribution < 1.29 is 18.9 Å². The van der Waals surface area contributed by atoms with Crippen LogP contribution in [0.5, 0.6) is 23.0 Å². The third-order valence-corrected chi connectivity index (χ3v) is 5.34. The van der Waals surface area contributed by atoms with Crippen LogP contribution in [0, 0.1) is 0 Å². The molecule has 0 aromatic heterocycles. The van der Waals surface area contributed by atoms with Crippen LogP contribution in [-0.4, -0.2) is 27.5 Å². The zero-order chi connectivity index (χ0) is 22.9. The van der Waals surface area contributed by atoms with Crippen LogP contribution in [0.25, 0.3) is 0 Å². The summed E-state index contributed by atoms with van der Waals surface area (Å²) in [6, 6.07) is 16.7. The van der Waals surface area contributed by atoms with Gasteiger partial charge in [-0.25, -0.2) is 0 Å². The average Bonchev–Trinajstić information content (AvgIpc) is 2.82. The first-order valence-electron chi connectivity index (χ1n) is 9.75. The summed E-state index contributed by atoms with van der Waals surface area (Å²) in [4.78, 5) is 0. The number of benzene rings is 3. The first-order chi connectivity index (χ1) is 15.5. The maximum atomic E-state index is 6.06. The Morgan fingerprint density at radius 2 is 1.44 bits per heavy atom. The summed E-state index contributed by atoms with van der Waals surface area (Å²) in [6.45, 7) is 0.881. The molecule has 1 N–H and O–H groups in total. The molecule has 3 aromatic carbocycles. The number of methoxy groups -OCH3 is 3. The van der Waals surface area contributed by atoms with Gasteiger partial charge in [-0.15, -0.1) is 0 Å². The molecule has 168 valence electrons. The highest BCUT2D eigenvalue weighted by molar-refractivity contribution is 6.42. The molecule has 0 bridgehead atoms. The van der Waals surface area contributed by atoms with Crippen molar-refractivity contribution >= 4 is 29.4 Å². The quantitative estimate of drug-likeness (QED) is 0.300. The van der Waals surface area contributed by atoms with Gasteiger partial charge in [0.1, 0.15) is 6.61 Å². The van der Waals surface area contributed by atoms with E-state index in [1.165, 1.54) is 0 Å². The second-order valence-corrected chi connectivity index (χ2v) is 7.54.